The first-order chi connectivity index (χ1) is 11.4. The Hall–Kier alpha value is -2.04. The molecular formula is C18H17Cl2NO3. The number of benzene rings is 2. The summed E-state index contributed by atoms with van der Waals surface area (Å²) in [6, 6.07) is 12.1. The summed E-state index contributed by atoms with van der Waals surface area (Å²) in [5.41, 5.74) is 2.36. The number of aryl methyl sites for hydroxylation is 1. The number of esters is 1. The zero-order valence-electron chi connectivity index (χ0n) is 13.3. The Morgan fingerprint density at radius 3 is 2.38 bits per heavy atom. The predicted molar refractivity (Wildman–Crippen MR) is 94.5 cm³/mol. The molecule has 0 radical (unpaired) electrons. The number of hydrogen-bond acceptors (Lipinski definition) is 3. The average molecular weight is 366 g/mol. The molecule has 0 saturated carbocycles. The van der Waals surface area contributed by atoms with Crippen molar-refractivity contribution in [3.63, 3.8) is 0 Å². The Labute approximate surface area is 150 Å². The van der Waals surface area contributed by atoms with Gasteiger partial charge in [-0.2, -0.15) is 0 Å². The summed E-state index contributed by atoms with van der Waals surface area (Å²) < 4.78 is 4.99. The number of amides is 1. The van der Waals surface area contributed by atoms with E-state index in [1.807, 2.05) is 38.1 Å². The molecule has 0 heterocycles. The largest absolute Gasteiger partial charge is 0.452 e. The van der Waals surface area contributed by atoms with Crippen LogP contribution in [0.3, 0.4) is 0 Å². The van der Waals surface area contributed by atoms with E-state index >= 15 is 0 Å². The van der Waals surface area contributed by atoms with E-state index in [9.17, 15) is 9.59 Å². The van der Waals surface area contributed by atoms with Crippen LogP contribution in [0.1, 0.15) is 34.5 Å². The fourth-order valence-corrected chi connectivity index (χ4v) is 2.36. The Kier molecular flexibility index (Phi) is 6.23. The molecule has 126 valence electrons. The zero-order valence-corrected chi connectivity index (χ0v) is 14.8. The third-order valence-electron chi connectivity index (χ3n) is 3.44. The lowest BCUT2D eigenvalue weighted by molar-refractivity contribution is -0.124. The Bertz CT molecular complexity index is 744. The van der Waals surface area contributed by atoms with Crippen molar-refractivity contribution in [2.24, 2.45) is 0 Å². The number of halogens is 2. The summed E-state index contributed by atoms with van der Waals surface area (Å²) in [7, 11) is 0. The summed E-state index contributed by atoms with van der Waals surface area (Å²) in [4.78, 5) is 23.8. The summed E-state index contributed by atoms with van der Waals surface area (Å²) in [5, 5.41) is 3.38. The highest BCUT2D eigenvalue weighted by Crippen LogP contribution is 2.22. The van der Waals surface area contributed by atoms with Gasteiger partial charge in [-0.05, 0) is 37.6 Å². The summed E-state index contributed by atoms with van der Waals surface area (Å²) >= 11 is 11.6. The monoisotopic (exact) mass is 365 g/mol. The molecule has 0 aliphatic heterocycles. The molecule has 2 aromatic rings. The molecule has 24 heavy (non-hydrogen) atoms. The average Bonchev–Trinajstić information content (AvgIpc) is 2.55. The molecule has 0 aromatic heterocycles. The van der Waals surface area contributed by atoms with E-state index in [1.165, 1.54) is 18.2 Å². The van der Waals surface area contributed by atoms with E-state index in [1.54, 1.807) is 0 Å². The highest BCUT2D eigenvalue weighted by atomic mass is 35.5. The van der Waals surface area contributed by atoms with Gasteiger partial charge in [0.05, 0.1) is 21.7 Å². The lowest BCUT2D eigenvalue weighted by atomic mass is 10.1. The van der Waals surface area contributed by atoms with Crippen LogP contribution in [0.25, 0.3) is 0 Å². The smallest absolute Gasteiger partial charge is 0.338 e. The summed E-state index contributed by atoms with van der Waals surface area (Å²) in [5.74, 6) is -1.01. The van der Waals surface area contributed by atoms with Crippen molar-refractivity contribution < 1.29 is 14.3 Å². The van der Waals surface area contributed by atoms with Gasteiger partial charge < -0.3 is 10.1 Å². The molecule has 1 amide bonds. The number of hydrogen-bond donors (Lipinski definition) is 1. The van der Waals surface area contributed by atoms with Crippen LogP contribution in [0.4, 0.5) is 0 Å². The molecule has 4 nitrogen and oxygen atoms in total. The van der Waals surface area contributed by atoms with E-state index < -0.39 is 5.97 Å². The lowest BCUT2D eigenvalue weighted by Crippen LogP contribution is -2.31. The molecule has 0 spiro atoms. The van der Waals surface area contributed by atoms with Crippen LogP contribution in [0.5, 0.6) is 0 Å². The van der Waals surface area contributed by atoms with Gasteiger partial charge in [0.15, 0.2) is 6.61 Å². The minimum atomic E-state index is -0.633. The minimum Gasteiger partial charge on any atom is -0.452 e. The molecular weight excluding hydrogens is 349 g/mol. The Morgan fingerprint density at radius 2 is 1.75 bits per heavy atom. The van der Waals surface area contributed by atoms with Gasteiger partial charge in [0, 0.05) is 0 Å². The van der Waals surface area contributed by atoms with Gasteiger partial charge in [0.25, 0.3) is 5.91 Å². The van der Waals surface area contributed by atoms with Gasteiger partial charge >= 0.3 is 5.97 Å². The second-order valence-corrected chi connectivity index (χ2v) is 6.22. The molecule has 0 unspecified atom stereocenters. The van der Waals surface area contributed by atoms with Gasteiger partial charge in [-0.1, -0.05) is 53.0 Å². The topological polar surface area (TPSA) is 55.4 Å². The summed E-state index contributed by atoms with van der Waals surface area (Å²) in [6.45, 7) is 3.49. The first-order valence-electron chi connectivity index (χ1n) is 7.35. The van der Waals surface area contributed by atoms with E-state index in [4.69, 9.17) is 27.9 Å². The molecule has 0 aliphatic carbocycles. The maximum atomic E-state index is 11.9. The SMILES string of the molecule is Cc1ccc([C@H](C)NC(=O)COC(=O)c2ccc(Cl)c(Cl)c2)cc1. The fourth-order valence-electron chi connectivity index (χ4n) is 2.06. The van der Waals surface area contributed by atoms with Crippen LogP contribution in [0.2, 0.25) is 10.0 Å². The van der Waals surface area contributed by atoms with Crippen molar-refractivity contribution >= 4 is 35.1 Å². The maximum absolute atomic E-state index is 11.9. The highest BCUT2D eigenvalue weighted by molar-refractivity contribution is 6.42. The first kappa shape index (κ1) is 18.3. The number of carbonyl (C=O) groups is 2. The molecule has 0 fully saturated rings. The van der Waals surface area contributed by atoms with Gasteiger partial charge in [-0.3, -0.25) is 4.79 Å². The van der Waals surface area contributed by atoms with Crippen LogP contribution in [-0.2, 0) is 9.53 Å². The van der Waals surface area contributed by atoms with Crippen molar-refractivity contribution in [2.45, 2.75) is 19.9 Å². The van der Waals surface area contributed by atoms with E-state index in [0.29, 0.717) is 5.02 Å². The third kappa shape index (κ3) is 4.98. The third-order valence-corrected chi connectivity index (χ3v) is 4.18. The molecule has 0 aliphatic rings. The molecule has 2 aromatic carbocycles. The second-order valence-electron chi connectivity index (χ2n) is 5.40. The minimum absolute atomic E-state index is 0.179. The Morgan fingerprint density at radius 1 is 1.08 bits per heavy atom. The van der Waals surface area contributed by atoms with Crippen molar-refractivity contribution in [1.82, 2.24) is 5.32 Å². The predicted octanol–water partition coefficient (Wildman–Crippen LogP) is 4.34. The van der Waals surface area contributed by atoms with Crippen LogP contribution in [0, 0.1) is 6.92 Å². The lowest BCUT2D eigenvalue weighted by Gasteiger charge is -2.14. The van der Waals surface area contributed by atoms with Crippen molar-refractivity contribution in [2.75, 3.05) is 6.61 Å². The Balaban J connectivity index is 1.87. The molecule has 6 heteroatoms. The van der Waals surface area contributed by atoms with Crippen LogP contribution < -0.4 is 5.32 Å². The molecule has 1 atom stereocenters. The second kappa shape index (κ2) is 8.18. The number of carbonyl (C=O) groups excluding carboxylic acids is 2. The van der Waals surface area contributed by atoms with E-state index in [0.717, 1.165) is 11.1 Å². The fraction of sp³-hybridized carbons (Fsp3) is 0.222. The molecule has 0 bridgehead atoms. The van der Waals surface area contributed by atoms with Crippen molar-refractivity contribution in [3.05, 3.63) is 69.2 Å². The maximum Gasteiger partial charge on any atom is 0.338 e. The quantitative estimate of drug-likeness (QED) is 0.801. The highest BCUT2D eigenvalue weighted by Gasteiger charge is 2.14. The first-order valence-corrected chi connectivity index (χ1v) is 8.10. The normalized spacial score (nSPS) is 11.7. The van der Waals surface area contributed by atoms with Crippen LogP contribution >= 0.6 is 23.2 Å². The standard InChI is InChI=1S/C18H17Cl2NO3/c1-11-3-5-13(6-4-11)12(2)21-17(22)10-24-18(23)14-7-8-15(19)16(20)9-14/h3-9,12H,10H2,1-2H3,(H,21,22)/t12-/m0/s1. The number of nitrogens with one attached hydrogen (secondary N) is 1. The summed E-state index contributed by atoms with van der Waals surface area (Å²) in [6.07, 6.45) is 0. The van der Waals surface area contributed by atoms with Crippen molar-refractivity contribution in [3.8, 4) is 0 Å². The van der Waals surface area contributed by atoms with Gasteiger partial charge in [0.1, 0.15) is 0 Å². The van der Waals surface area contributed by atoms with Gasteiger partial charge in [-0.25, -0.2) is 4.79 Å². The number of rotatable bonds is 5. The van der Waals surface area contributed by atoms with Crippen LogP contribution in [-0.4, -0.2) is 18.5 Å². The molecule has 0 saturated heterocycles. The van der Waals surface area contributed by atoms with E-state index in [-0.39, 0.29) is 29.1 Å². The zero-order chi connectivity index (χ0) is 17.7. The molecule has 1 N–H and O–H groups in total. The van der Waals surface area contributed by atoms with Crippen LogP contribution in [0.15, 0.2) is 42.5 Å². The van der Waals surface area contributed by atoms with Gasteiger partial charge in [-0.15, -0.1) is 0 Å². The van der Waals surface area contributed by atoms with Gasteiger partial charge in [0.2, 0.25) is 0 Å². The van der Waals surface area contributed by atoms with Crippen molar-refractivity contribution in [1.29, 1.82) is 0 Å². The molecule has 2 rings (SSSR count). The number of ether oxygens (including phenoxy) is 1. The van der Waals surface area contributed by atoms with E-state index in [2.05, 4.69) is 5.32 Å².